The molecule has 0 heterocycles. The molecule has 0 aromatic rings. The van der Waals surface area contributed by atoms with Gasteiger partial charge < -0.3 is 5.11 Å². The first-order valence-electron chi connectivity index (χ1n) is 6.56. The smallest absolute Gasteiger partial charge is 0.0670 e. The lowest BCUT2D eigenvalue weighted by Gasteiger charge is -2.44. The number of hydrogen-bond donors (Lipinski definition) is 1. The van der Waals surface area contributed by atoms with Gasteiger partial charge in [0.05, 0.1) is 5.60 Å². The molecule has 1 fully saturated rings. The van der Waals surface area contributed by atoms with Crippen molar-refractivity contribution in [1.29, 1.82) is 0 Å². The molecule has 1 aliphatic rings. The van der Waals surface area contributed by atoms with Crippen molar-refractivity contribution in [3.05, 3.63) is 0 Å². The highest BCUT2D eigenvalue weighted by Gasteiger charge is 2.40. The lowest BCUT2D eigenvalue weighted by Crippen LogP contribution is -2.45. The zero-order valence-corrected chi connectivity index (χ0v) is 11.1. The minimum Gasteiger partial charge on any atom is -0.390 e. The molecule has 2 unspecified atom stereocenters. The van der Waals surface area contributed by atoms with E-state index >= 15 is 0 Å². The van der Waals surface area contributed by atoms with Crippen LogP contribution in [0.3, 0.4) is 0 Å². The summed E-state index contributed by atoms with van der Waals surface area (Å²) in [7, 11) is 0. The third-order valence-corrected chi connectivity index (χ3v) is 4.52. The Balaban J connectivity index is 2.46. The number of hydrogen-bond acceptors (Lipinski definition) is 1. The molecule has 1 rings (SSSR count). The summed E-state index contributed by atoms with van der Waals surface area (Å²) in [6.45, 7) is 11.0. The third-order valence-electron chi connectivity index (χ3n) is 4.52. The van der Waals surface area contributed by atoms with E-state index in [1.807, 2.05) is 6.92 Å². The Morgan fingerprint density at radius 2 is 1.67 bits per heavy atom. The van der Waals surface area contributed by atoms with Gasteiger partial charge in [-0.2, -0.15) is 0 Å². The van der Waals surface area contributed by atoms with E-state index in [2.05, 4.69) is 27.7 Å². The van der Waals surface area contributed by atoms with Crippen molar-refractivity contribution in [3.63, 3.8) is 0 Å². The molecule has 0 aliphatic heterocycles. The SMILES string of the molecule is CC(C)CCC1CC(C)C(C)(O)C(C)C1. The van der Waals surface area contributed by atoms with Gasteiger partial charge in [0.15, 0.2) is 0 Å². The van der Waals surface area contributed by atoms with Crippen LogP contribution in [0.15, 0.2) is 0 Å². The van der Waals surface area contributed by atoms with Crippen LogP contribution in [0.25, 0.3) is 0 Å². The van der Waals surface area contributed by atoms with Crippen molar-refractivity contribution in [3.8, 4) is 0 Å². The van der Waals surface area contributed by atoms with Crippen LogP contribution in [0.2, 0.25) is 0 Å². The maximum atomic E-state index is 10.3. The zero-order valence-electron chi connectivity index (χ0n) is 11.1. The van der Waals surface area contributed by atoms with E-state index in [1.165, 1.54) is 25.7 Å². The summed E-state index contributed by atoms with van der Waals surface area (Å²) in [6.07, 6.45) is 5.11. The van der Waals surface area contributed by atoms with Gasteiger partial charge in [-0.05, 0) is 43.4 Å². The van der Waals surface area contributed by atoms with Crippen molar-refractivity contribution in [2.45, 2.75) is 65.9 Å². The molecule has 0 spiro atoms. The van der Waals surface area contributed by atoms with E-state index in [0.717, 1.165) is 11.8 Å². The molecular formula is C14H28O. The molecule has 0 radical (unpaired) electrons. The fourth-order valence-corrected chi connectivity index (χ4v) is 2.86. The molecule has 1 nitrogen and oxygen atoms in total. The minimum absolute atomic E-state index is 0.436. The second kappa shape index (κ2) is 4.86. The van der Waals surface area contributed by atoms with Gasteiger partial charge in [-0.3, -0.25) is 0 Å². The molecule has 90 valence electrons. The third kappa shape index (κ3) is 3.21. The standard InChI is InChI=1S/C14H28O/c1-10(2)6-7-13-8-11(3)14(5,15)12(4)9-13/h10-13,15H,6-9H2,1-5H3. The predicted molar refractivity (Wildman–Crippen MR) is 65.7 cm³/mol. The van der Waals surface area contributed by atoms with Gasteiger partial charge in [-0.25, -0.2) is 0 Å². The molecule has 0 aromatic carbocycles. The highest BCUT2D eigenvalue weighted by Crippen LogP contribution is 2.42. The van der Waals surface area contributed by atoms with Crippen molar-refractivity contribution >= 4 is 0 Å². The van der Waals surface area contributed by atoms with Crippen LogP contribution in [0.1, 0.15) is 60.3 Å². The molecule has 1 heteroatoms. The van der Waals surface area contributed by atoms with E-state index < -0.39 is 5.60 Å². The Kier molecular flexibility index (Phi) is 4.22. The average molecular weight is 212 g/mol. The topological polar surface area (TPSA) is 20.2 Å². The summed E-state index contributed by atoms with van der Waals surface area (Å²) in [4.78, 5) is 0. The van der Waals surface area contributed by atoms with Crippen LogP contribution in [-0.2, 0) is 0 Å². The van der Waals surface area contributed by atoms with Crippen LogP contribution in [0, 0.1) is 23.7 Å². The normalized spacial score (nSPS) is 42.2. The summed E-state index contributed by atoms with van der Waals surface area (Å²) >= 11 is 0. The van der Waals surface area contributed by atoms with Crippen molar-refractivity contribution in [1.82, 2.24) is 0 Å². The van der Waals surface area contributed by atoms with E-state index in [1.54, 1.807) is 0 Å². The van der Waals surface area contributed by atoms with Gasteiger partial charge in [0, 0.05) is 0 Å². The van der Waals surface area contributed by atoms with Gasteiger partial charge >= 0.3 is 0 Å². The molecule has 1 aliphatic carbocycles. The van der Waals surface area contributed by atoms with E-state index in [0.29, 0.717) is 11.8 Å². The molecule has 15 heavy (non-hydrogen) atoms. The summed E-state index contributed by atoms with van der Waals surface area (Å²) in [5.41, 5.74) is -0.436. The molecule has 0 bridgehead atoms. The first-order chi connectivity index (χ1) is 6.84. The van der Waals surface area contributed by atoms with Gasteiger partial charge in [0.25, 0.3) is 0 Å². The van der Waals surface area contributed by atoms with Crippen molar-refractivity contribution < 1.29 is 5.11 Å². The summed E-state index contributed by atoms with van der Waals surface area (Å²) in [6, 6.07) is 0. The van der Waals surface area contributed by atoms with Gasteiger partial charge in [0.2, 0.25) is 0 Å². The van der Waals surface area contributed by atoms with Crippen LogP contribution >= 0.6 is 0 Å². The van der Waals surface area contributed by atoms with Crippen molar-refractivity contribution in [2.24, 2.45) is 23.7 Å². The Bertz CT molecular complexity index is 182. The van der Waals surface area contributed by atoms with Crippen molar-refractivity contribution in [2.75, 3.05) is 0 Å². The highest BCUT2D eigenvalue weighted by molar-refractivity contribution is 4.91. The molecule has 1 saturated carbocycles. The van der Waals surface area contributed by atoms with Gasteiger partial charge in [0.1, 0.15) is 0 Å². The van der Waals surface area contributed by atoms with Gasteiger partial charge in [-0.1, -0.05) is 40.5 Å². The molecular weight excluding hydrogens is 184 g/mol. The maximum Gasteiger partial charge on any atom is 0.0670 e. The van der Waals surface area contributed by atoms with Crippen LogP contribution in [-0.4, -0.2) is 10.7 Å². The fourth-order valence-electron chi connectivity index (χ4n) is 2.86. The predicted octanol–water partition coefficient (Wildman–Crippen LogP) is 3.86. The average Bonchev–Trinajstić information content (AvgIpc) is 2.11. The Labute approximate surface area is 95.3 Å². The van der Waals surface area contributed by atoms with Crippen LogP contribution in [0.4, 0.5) is 0 Å². The first-order valence-corrected chi connectivity index (χ1v) is 6.56. The van der Waals surface area contributed by atoms with E-state index in [4.69, 9.17) is 0 Å². The van der Waals surface area contributed by atoms with E-state index in [9.17, 15) is 5.11 Å². The molecule has 0 saturated heterocycles. The first kappa shape index (κ1) is 13.0. The lowest BCUT2D eigenvalue weighted by atomic mass is 9.66. The summed E-state index contributed by atoms with van der Waals surface area (Å²) in [5.74, 6) is 2.58. The molecule has 0 amide bonds. The monoisotopic (exact) mass is 212 g/mol. The van der Waals surface area contributed by atoms with E-state index in [-0.39, 0.29) is 0 Å². The Hall–Kier alpha value is -0.0400. The minimum atomic E-state index is -0.436. The quantitative estimate of drug-likeness (QED) is 0.753. The lowest BCUT2D eigenvalue weighted by molar-refractivity contribution is -0.0826. The number of aliphatic hydroxyl groups is 1. The summed E-state index contributed by atoms with van der Waals surface area (Å²) in [5, 5.41) is 10.3. The Morgan fingerprint density at radius 3 is 2.07 bits per heavy atom. The summed E-state index contributed by atoms with van der Waals surface area (Å²) < 4.78 is 0. The highest BCUT2D eigenvalue weighted by atomic mass is 16.3. The van der Waals surface area contributed by atoms with Gasteiger partial charge in [-0.15, -0.1) is 0 Å². The molecule has 1 N–H and O–H groups in total. The largest absolute Gasteiger partial charge is 0.390 e. The second-order valence-corrected chi connectivity index (χ2v) is 6.34. The maximum absolute atomic E-state index is 10.3. The number of rotatable bonds is 3. The molecule has 0 aromatic heterocycles. The molecule has 2 atom stereocenters. The van der Waals surface area contributed by atoms with Crippen LogP contribution in [0.5, 0.6) is 0 Å². The second-order valence-electron chi connectivity index (χ2n) is 6.34. The zero-order chi connectivity index (χ0) is 11.6. The Morgan fingerprint density at radius 1 is 1.20 bits per heavy atom. The fraction of sp³-hybridized carbons (Fsp3) is 1.00. The van der Waals surface area contributed by atoms with Crippen LogP contribution < -0.4 is 0 Å².